The zero-order valence-corrected chi connectivity index (χ0v) is 13.6. The molecule has 2 atom stereocenters. The molecule has 1 aromatic rings. The molecule has 0 bridgehead atoms. The fourth-order valence-corrected chi connectivity index (χ4v) is 3.55. The predicted octanol–water partition coefficient (Wildman–Crippen LogP) is 1.38. The van der Waals surface area contributed by atoms with Gasteiger partial charge in [0, 0.05) is 12.6 Å². The van der Waals surface area contributed by atoms with Crippen LogP contribution in [0.15, 0.2) is 22.8 Å². The Balaban J connectivity index is 1.67. The van der Waals surface area contributed by atoms with E-state index in [-0.39, 0.29) is 31.0 Å². The van der Waals surface area contributed by atoms with Crippen LogP contribution < -0.4 is 5.32 Å². The van der Waals surface area contributed by atoms with Crippen molar-refractivity contribution in [2.24, 2.45) is 5.92 Å². The number of carbonyl (C=O) groups is 2. The molecule has 3 heterocycles. The number of rotatable bonds is 5. The van der Waals surface area contributed by atoms with Gasteiger partial charge in [0.2, 0.25) is 11.8 Å². The Bertz CT molecular complexity index is 618. The van der Waals surface area contributed by atoms with Crippen molar-refractivity contribution in [3.05, 3.63) is 24.2 Å². The zero-order chi connectivity index (χ0) is 18.0. The number of hydrogen-bond donors (Lipinski definition) is 1. The van der Waals surface area contributed by atoms with Crippen LogP contribution >= 0.6 is 0 Å². The number of fused-ring (bicyclic) bond motifs is 1. The van der Waals surface area contributed by atoms with Gasteiger partial charge in [-0.25, -0.2) is 0 Å². The summed E-state index contributed by atoms with van der Waals surface area (Å²) >= 11 is 0. The molecule has 1 aromatic heterocycles. The Morgan fingerprint density at radius 2 is 2.24 bits per heavy atom. The minimum atomic E-state index is -4.49. The van der Waals surface area contributed by atoms with Crippen LogP contribution in [0.1, 0.15) is 18.6 Å². The highest BCUT2D eigenvalue weighted by molar-refractivity contribution is 5.82. The number of amides is 2. The maximum Gasteiger partial charge on any atom is 0.406 e. The van der Waals surface area contributed by atoms with Crippen LogP contribution in [-0.4, -0.2) is 60.0 Å². The van der Waals surface area contributed by atoms with E-state index < -0.39 is 18.6 Å². The number of carbonyl (C=O) groups excluding carboxylic acids is 2. The minimum Gasteiger partial charge on any atom is -0.467 e. The lowest BCUT2D eigenvalue weighted by atomic mass is 9.91. The van der Waals surface area contributed by atoms with Crippen LogP contribution in [0.2, 0.25) is 0 Å². The molecule has 2 aliphatic rings. The van der Waals surface area contributed by atoms with Gasteiger partial charge in [0.05, 0.1) is 25.3 Å². The molecule has 3 rings (SSSR count). The molecule has 9 heteroatoms. The molecule has 0 spiro atoms. The summed E-state index contributed by atoms with van der Waals surface area (Å²) in [5.41, 5.74) is 0. The fraction of sp³-hybridized carbons (Fsp3) is 0.625. The standard InChI is InChI=1S/C16H20F3N3O3/c17-16(18,19)10-22(8-11-3-2-6-25-11)14(23)9-21-5-1-4-12-13(21)7-20-15(12)24/h2-3,6,12-13H,1,4-5,7-10H2,(H,20,24)/t12-,13-/m1/s1. The Morgan fingerprint density at radius 1 is 1.44 bits per heavy atom. The van der Waals surface area contributed by atoms with Gasteiger partial charge in [0.15, 0.2) is 0 Å². The Morgan fingerprint density at radius 3 is 2.92 bits per heavy atom. The number of halogens is 3. The van der Waals surface area contributed by atoms with Crippen molar-refractivity contribution in [2.75, 3.05) is 26.2 Å². The topological polar surface area (TPSA) is 65.8 Å². The van der Waals surface area contributed by atoms with Gasteiger partial charge < -0.3 is 14.6 Å². The minimum absolute atomic E-state index is 0.0371. The molecule has 0 aromatic carbocycles. The molecule has 0 radical (unpaired) electrons. The van der Waals surface area contributed by atoms with Crippen molar-refractivity contribution in [3.8, 4) is 0 Å². The van der Waals surface area contributed by atoms with E-state index in [4.69, 9.17) is 4.42 Å². The lowest BCUT2D eigenvalue weighted by molar-refractivity contribution is -0.164. The number of piperidine rings is 1. The second-order valence-corrected chi connectivity index (χ2v) is 6.48. The van der Waals surface area contributed by atoms with Gasteiger partial charge in [0.25, 0.3) is 0 Å². The number of nitrogens with one attached hydrogen (secondary N) is 1. The molecular formula is C16H20F3N3O3. The van der Waals surface area contributed by atoms with E-state index >= 15 is 0 Å². The Hall–Kier alpha value is -2.03. The van der Waals surface area contributed by atoms with Crippen molar-refractivity contribution in [1.82, 2.24) is 15.1 Å². The molecule has 2 aliphatic heterocycles. The average molecular weight is 359 g/mol. The summed E-state index contributed by atoms with van der Waals surface area (Å²) in [7, 11) is 0. The van der Waals surface area contributed by atoms with Crippen LogP contribution in [0.4, 0.5) is 13.2 Å². The molecule has 138 valence electrons. The third-order valence-corrected chi connectivity index (χ3v) is 4.70. The first-order chi connectivity index (χ1) is 11.8. The average Bonchev–Trinajstić information content (AvgIpc) is 3.16. The van der Waals surface area contributed by atoms with Crippen molar-refractivity contribution in [1.29, 1.82) is 0 Å². The second-order valence-electron chi connectivity index (χ2n) is 6.48. The van der Waals surface area contributed by atoms with Crippen molar-refractivity contribution in [3.63, 3.8) is 0 Å². The molecule has 0 saturated carbocycles. The van der Waals surface area contributed by atoms with E-state index in [2.05, 4.69) is 5.32 Å². The van der Waals surface area contributed by atoms with Crippen LogP contribution in [0.5, 0.6) is 0 Å². The number of hydrogen-bond acceptors (Lipinski definition) is 4. The normalized spacial score (nSPS) is 24.0. The molecule has 0 aliphatic carbocycles. The highest BCUT2D eigenvalue weighted by Crippen LogP contribution is 2.27. The van der Waals surface area contributed by atoms with E-state index in [1.54, 1.807) is 6.07 Å². The maximum absolute atomic E-state index is 12.8. The third kappa shape index (κ3) is 4.33. The summed E-state index contributed by atoms with van der Waals surface area (Å²) in [4.78, 5) is 26.9. The van der Waals surface area contributed by atoms with E-state index in [0.29, 0.717) is 18.8 Å². The first-order valence-corrected chi connectivity index (χ1v) is 8.22. The summed E-state index contributed by atoms with van der Waals surface area (Å²) in [5, 5.41) is 2.77. The summed E-state index contributed by atoms with van der Waals surface area (Å²) < 4.78 is 43.6. The molecule has 25 heavy (non-hydrogen) atoms. The third-order valence-electron chi connectivity index (χ3n) is 4.70. The summed E-state index contributed by atoms with van der Waals surface area (Å²) in [6.45, 7) is -0.653. The van der Waals surface area contributed by atoms with Gasteiger partial charge in [0.1, 0.15) is 12.3 Å². The van der Waals surface area contributed by atoms with Crippen molar-refractivity contribution in [2.45, 2.75) is 31.6 Å². The highest BCUT2D eigenvalue weighted by Gasteiger charge is 2.42. The zero-order valence-electron chi connectivity index (χ0n) is 13.6. The largest absolute Gasteiger partial charge is 0.467 e. The lowest BCUT2D eigenvalue weighted by Gasteiger charge is -2.36. The Labute approximate surface area is 142 Å². The van der Waals surface area contributed by atoms with Crippen molar-refractivity contribution < 1.29 is 27.2 Å². The Kier molecular flexibility index (Phi) is 5.03. The molecule has 2 saturated heterocycles. The van der Waals surface area contributed by atoms with Gasteiger partial charge >= 0.3 is 6.18 Å². The molecule has 0 unspecified atom stereocenters. The van der Waals surface area contributed by atoms with Crippen LogP contribution in [0.3, 0.4) is 0 Å². The van der Waals surface area contributed by atoms with E-state index in [9.17, 15) is 22.8 Å². The van der Waals surface area contributed by atoms with Gasteiger partial charge in [-0.15, -0.1) is 0 Å². The molecule has 6 nitrogen and oxygen atoms in total. The number of likely N-dealkylation sites (tertiary alicyclic amines) is 1. The highest BCUT2D eigenvalue weighted by atomic mass is 19.4. The smallest absolute Gasteiger partial charge is 0.406 e. The van der Waals surface area contributed by atoms with E-state index in [1.807, 2.05) is 4.90 Å². The van der Waals surface area contributed by atoms with Gasteiger partial charge in [-0.1, -0.05) is 0 Å². The van der Waals surface area contributed by atoms with Crippen LogP contribution in [0, 0.1) is 5.92 Å². The fourth-order valence-electron chi connectivity index (χ4n) is 3.55. The second kappa shape index (κ2) is 7.07. The molecular weight excluding hydrogens is 339 g/mol. The maximum atomic E-state index is 12.8. The van der Waals surface area contributed by atoms with Gasteiger partial charge in [-0.3, -0.25) is 14.5 Å². The lowest BCUT2D eigenvalue weighted by Crippen LogP contribution is -2.51. The SMILES string of the molecule is O=C1NC[C@@H]2[C@H]1CCCN2CC(=O)N(Cc1ccco1)CC(F)(F)F. The quantitative estimate of drug-likeness (QED) is 0.863. The summed E-state index contributed by atoms with van der Waals surface area (Å²) in [6, 6.07) is 2.98. The monoisotopic (exact) mass is 359 g/mol. The first kappa shape index (κ1) is 17.8. The molecule has 2 fully saturated rings. The van der Waals surface area contributed by atoms with Crippen LogP contribution in [-0.2, 0) is 16.1 Å². The predicted molar refractivity (Wildman–Crippen MR) is 81.3 cm³/mol. The molecule has 1 N–H and O–H groups in total. The number of furan rings is 1. The number of nitrogens with zero attached hydrogens (tertiary/aromatic N) is 2. The summed E-state index contributed by atoms with van der Waals surface area (Å²) in [6.07, 6.45) is -1.63. The van der Waals surface area contributed by atoms with Gasteiger partial charge in [-0.05, 0) is 31.5 Å². The van der Waals surface area contributed by atoms with E-state index in [0.717, 1.165) is 17.7 Å². The number of alkyl halides is 3. The molecule has 2 amide bonds. The van der Waals surface area contributed by atoms with E-state index in [1.165, 1.54) is 12.3 Å². The first-order valence-electron chi connectivity index (χ1n) is 8.22. The van der Waals surface area contributed by atoms with Crippen LogP contribution in [0.25, 0.3) is 0 Å². The van der Waals surface area contributed by atoms with Crippen molar-refractivity contribution >= 4 is 11.8 Å². The van der Waals surface area contributed by atoms with Gasteiger partial charge in [-0.2, -0.15) is 13.2 Å². The summed E-state index contributed by atoms with van der Waals surface area (Å²) in [5.74, 6) is -0.534.